The summed E-state index contributed by atoms with van der Waals surface area (Å²) >= 11 is 0. The first kappa shape index (κ1) is 20.8. The molecule has 0 amide bonds. The number of nitrogens with zero attached hydrogens (tertiary/aromatic N) is 2. The van der Waals surface area contributed by atoms with Crippen molar-refractivity contribution in [1.29, 1.82) is 5.26 Å². The van der Waals surface area contributed by atoms with Crippen LogP contribution < -0.4 is 9.47 Å². The van der Waals surface area contributed by atoms with Gasteiger partial charge in [-0.2, -0.15) is 5.26 Å². The van der Waals surface area contributed by atoms with Gasteiger partial charge in [0.15, 0.2) is 0 Å². The van der Waals surface area contributed by atoms with E-state index >= 15 is 0 Å². The van der Waals surface area contributed by atoms with Gasteiger partial charge in [0, 0.05) is 22.9 Å². The molecule has 0 bridgehead atoms. The Balaban J connectivity index is 1.88. The van der Waals surface area contributed by atoms with Crippen LogP contribution in [0.4, 0.5) is 5.88 Å². The fraction of sp³-hybridized carbons (Fsp3) is 0.0769. The first-order chi connectivity index (χ1) is 15.6. The summed E-state index contributed by atoms with van der Waals surface area (Å²) in [5.74, 6) is 2.18. The van der Waals surface area contributed by atoms with Gasteiger partial charge in [-0.25, -0.2) is 4.99 Å². The number of phenolic OH excluding ortho intramolecular Hbond substituents is 1. The smallest absolute Gasteiger partial charge is 0.238 e. The third-order valence-corrected chi connectivity index (χ3v) is 4.99. The lowest BCUT2D eigenvalue weighted by Crippen LogP contribution is -1.87. The molecule has 0 saturated carbocycles. The van der Waals surface area contributed by atoms with Crippen molar-refractivity contribution in [1.82, 2.24) is 0 Å². The molecule has 0 atom stereocenters. The van der Waals surface area contributed by atoms with Crippen molar-refractivity contribution >= 4 is 12.1 Å². The standard InChI is InChI=1S/C26H20N2O4/c1-30-20-11-7-17(8-12-20)24-22(15-27)26(28-16-19-5-3-4-6-23(19)29)32-25(24)18-9-13-21(31-2)14-10-18/h3-14,16,29H,1-2H3/b28-16+. The second-order valence-corrected chi connectivity index (χ2v) is 6.87. The van der Waals surface area contributed by atoms with Crippen molar-refractivity contribution in [3.63, 3.8) is 0 Å². The number of hydrogen-bond donors (Lipinski definition) is 1. The van der Waals surface area contributed by atoms with Crippen LogP contribution in [-0.4, -0.2) is 25.5 Å². The molecule has 158 valence electrons. The number of phenols is 1. The molecular weight excluding hydrogens is 404 g/mol. The quantitative estimate of drug-likeness (QED) is 0.386. The van der Waals surface area contributed by atoms with Gasteiger partial charge in [0.05, 0.1) is 14.2 Å². The van der Waals surface area contributed by atoms with Gasteiger partial charge < -0.3 is 19.0 Å². The Kier molecular flexibility index (Phi) is 5.91. The highest BCUT2D eigenvalue weighted by Gasteiger charge is 2.23. The number of hydrogen-bond acceptors (Lipinski definition) is 6. The predicted octanol–water partition coefficient (Wildman–Crippen LogP) is 5.96. The highest BCUT2D eigenvalue weighted by molar-refractivity contribution is 5.90. The number of aromatic hydroxyl groups is 1. The minimum absolute atomic E-state index is 0.0899. The Morgan fingerprint density at radius 1 is 0.875 bits per heavy atom. The normalized spacial score (nSPS) is 10.8. The molecule has 1 aromatic heterocycles. The van der Waals surface area contributed by atoms with Crippen molar-refractivity contribution in [3.8, 4) is 45.8 Å². The summed E-state index contributed by atoms with van der Waals surface area (Å²) in [6.07, 6.45) is 1.48. The van der Waals surface area contributed by atoms with E-state index < -0.39 is 0 Å². The summed E-state index contributed by atoms with van der Waals surface area (Å²) < 4.78 is 16.6. The van der Waals surface area contributed by atoms with Crippen LogP contribution in [0.3, 0.4) is 0 Å². The Hall–Kier alpha value is -4.50. The zero-order valence-corrected chi connectivity index (χ0v) is 17.6. The molecule has 0 saturated heterocycles. The van der Waals surface area contributed by atoms with Gasteiger partial charge in [0.2, 0.25) is 5.88 Å². The summed E-state index contributed by atoms with van der Waals surface area (Å²) in [7, 11) is 3.20. The van der Waals surface area contributed by atoms with Crippen molar-refractivity contribution in [2.45, 2.75) is 0 Å². The van der Waals surface area contributed by atoms with E-state index in [-0.39, 0.29) is 11.6 Å². The summed E-state index contributed by atoms with van der Waals surface area (Å²) in [5, 5.41) is 20.0. The predicted molar refractivity (Wildman–Crippen MR) is 123 cm³/mol. The molecule has 0 unspecified atom stereocenters. The van der Waals surface area contributed by atoms with Crippen LogP contribution in [0.5, 0.6) is 17.2 Å². The lowest BCUT2D eigenvalue weighted by atomic mass is 9.98. The number of rotatable bonds is 6. The molecule has 3 aromatic carbocycles. The van der Waals surface area contributed by atoms with Crippen molar-refractivity contribution in [3.05, 3.63) is 83.9 Å². The maximum absolute atomic E-state index is 10.0. The second kappa shape index (κ2) is 9.11. The van der Waals surface area contributed by atoms with Gasteiger partial charge in [-0.05, 0) is 54.1 Å². The summed E-state index contributed by atoms with van der Waals surface area (Å²) in [5.41, 5.74) is 3.01. The Morgan fingerprint density at radius 2 is 1.47 bits per heavy atom. The van der Waals surface area contributed by atoms with Gasteiger partial charge >= 0.3 is 0 Å². The number of para-hydroxylation sites is 1. The summed E-state index contributed by atoms with van der Waals surface area (Å²) in [4.78, 5) is 4.38. The average Bonchev–Trinajstić information content (AvgIpc) is 3.22. The maximum atomic E-state index is 10.0. The van der Waals surface area contributed by atoms with Crippen LogP contribution in [-0.2, 0) is 0 Å². The van der Waals surface area contributed by atoms with Crippen LogP contribution in [0.1, 0.15) is 11.1 Å². The molecule has 1 N–H and O–H groups in total. The lowest BCUT2D eigenvalue weighted by Gasteiger charge is -2.06. The Bertz CT molecular complexity index is 1300. The van der Waals surface area contributed by atoms with Crippen LogP contribution in [0.2, 0.25) is 0 Å². The summed E-state index contributed by atoms with van der Waals surface area (Å²) in [6.45, 7) is 0. The number of furan rings is 1. The largest absolute Gasteiger partial charge is 0.507 e. The molecule has 32 heavy (non-hydrogen) atoms. The van der Waals surface area contributed by atoms with Crippen molar-refractivity contribution in [2.24, 2.45) is 4.99 Å². The van der Waals surface area contributed by atoms with Crippen LogP contribution in [0, 0.1) is 11.3 Å². The van der Waals surface area contributed by atoms with Gasteiger partial charge in [0.1, 0.15) is 34.6 Å². The molecule has 0 radical (unpaired) electrons. The van der Waals surface area contributed by atoms with Crippen LogP contribution in [0.25, 0.3) is 22.5 Å². The molecule has 6 nitrogen and oxygen atoms in total. The topological polar surface area (TPSA) is 88.0 Å². The molecule has 6 heteroatoms. The molecule has 0 spiro atoms. The molecule has 0 aliphatic rings. The molecule has 0 aliphatic carbocycles. The van der Waals surface area contributed by atoms with Gasteiger partial charge in [-0.3, -0.25) is 0 Å². The molecule has 0 aliphatic heterocycles. The molecule has 1 heterocycles. The average molecular weight is 424 g/mol. The zero-order chi connectivity index (χ0) is 22.5. The third kappa shape index (κ3) is 4.05. The number of aliphatic imine (C=N–C) groups is 1. The van der Waals surface area contributed by atoms with Crippen molar-refractivity contribution in [2.75, 3.05) is 14.2 Å². The van der Waals surface area contributed by atoms with Gasteiger partial charge in [-0.1, -0.05) is 24.3 Å². The number of benzene rings is 3. The van der Waals surface area contributed by atoms with Gasteiger partial charge in [-0.15, -0.1) is 0 Å². The van der Waals surface area contributed by atoms with E-state index in [1.54, 1.807) is 38.5 Å². The van der Waals surface area contributed by atoms with E-state index in [4.69, 9.17) is 13.9 Å². The highest BCUT2D eigenvalue weighted by atomic mass is 16.5. The molecule has 4 aromatic rings. The van der Waals surface area contributed by atoms with Crippen molar-refractivity contribution < 1.29 is 19.0 Å². The van der Waals surface area contributed by atoms with E-state index in [2.05, 4.69) is 11.1 Å². The molecular formula is C26H20N2O4. The fourth-order valence-corrected chi connectivity index (χ4v) is 3.32. The lowest BCUT2D eigenvalue weighted by molar-refractivity contribution is 0.414. The molecule has 0 fully saturated rings. The van der Waals surface area contributed by atoms with E-state index in [0.717, 1.165) is 11.1 Å². The first-order valence-electron chi connectivity index (χ1n) is 9.82. The zero-order valence-electron chi connectivity index (χ0n) is 17.6. The minimum Gasteiger partial charge on any atom is -0.507 e. The second-order valence-electron chi connectivity index (χ2n) is 6.87. The minimum atomic E-state index is 0.0899. The Morgan fingerprint density at radius 3 is 2.03 bits per heavy atom. The third-order valence-electron chi connectivity index (χ3n) is 4.99. The first-order valence-corrected chi connectivity index (χ1v) is 9.82. The van der Waals surface area contributed by atoms with Gasteiger partial charge in [0.25, 0.3) is 0 Å². The SMILES string of the molecule is COc1ccc(-c2oc(/N=C/c3ccccc3O)c(C#N)c2-c2ccc(OC)cc2)cc1. The maximum Gasteiger partial charge on any atom is 0.238 e. The van der Waals surface area contributed by atoms with Crippen LogP contribution in [0.15, 0.2) is 82.2 Å². The number of methoxy groups -OCH3 is 2. The molecule has 4 rings (SSSR count). The monoisotopic (exact) mass is 424 g/mol. The Labute approximate surface area is 185 Å². The van der Waals surface area contributed by atoms with E-state index in [1.165, 1.54) is 6.21 Å². The van der Waals surface area contributed by atoms with E-state index in [0.29, 0.717) is 33.9 Å². The number of nitriles is 1. The summed E-state index contributed by atoms with van der Waals surface area (Å²) in [6, 6.07) is 23.8. The van der Waals surface area contributed by atoms with E-state index in [9.17, 15) is 10.4 Å². The van der Waals surface area contributed by atoms with E-state index in [1.807, 2.05) is 48.5 Å². The van der Waals surface area contributed by atoms with Crippen LogP contribution >= 0.6 is 0 Å². The fourth-order valence-electron chi connectivity index (χ4n) is 3.32. The highest BCUT2D eigenvalue weighted by Crippen LogP contribution is 2.43. The number of ether oxygens (including phenoxy) is 2.